The third-order valence-electron chi connectivity index (χ3n) is 4.64. The summed E-state index contributed by atoms with van der Waals surface area (Å²) in [6.45, 7) is 5.95. The van der Waals surface area contributed by atoms with Crippen LogP contribution in [0.15, 0.2) is 53.4 Å². The first-order chi connectivity index (χ1) is 12.3. The van der Waals surface area contributed by atoms with E-state index in [1.54, 1.807) is 24.3 Å². The SMILES string of the molecule is CC(C)CCN1CC(NS(=O)(=O)c2ccccc2)Cc2cc(Cl)ccc21. The highest BCUT2D eigenvalue weighted by Crippen LogP contribution is 2.30. The summed E-state index contributed by atoms with van der Waals surface area (Å²) in [4.78, 5) is 2.57. The molecule has 0 amide bonds. The Kier molecular flexibility index (Phi) is 5.90. The summed E-state index contributed by atoms with van der Waals surface area (Å²) in [6.07, 6.45) is 1.69. The van der Waals surface area contributed by atoms with Crippen LogP contribution in [0.4, 0.5) is 5.69 Å². The summed E-state index contributed by atoms with van der Waals surface area (Å²) < 4.78 is 28.3. The van der Waals surface area contributed by atoms with Gasteiger partial charge in [0.15, 0.2) is 0 Å². The van der Waals surface area contributed by atoms with Gasteiger partial charge in [0.1, 0.15) is 0 Å². The number of halogens is 1. The molecular formula is C20H25ClN2O2S. The number of nitrogens with zero attached hydrogens (tertiary/aromatic N) is 1. The summed E-state index contributed by atoms with van der Waals surface area (Å²) in [7, 11) is -3.54. The average Bonchev–Trinajstić information content (AvgIpc) is 2.59. The van der Waals surface area contributed by atoms with Crippen molar-refractivity contribution in [2.45, 2.75) is 37.6 Å². The average molecular weight is 393 g/mol. The van der Waals surface area contributed by atoms with Crippen LogP contribution in [-0.4, -0.2) is 27.5 Å². The largest absolute Gasteiger partial charge is 0.370 e. The number of anilines is 1. The van der Waals surface area contributed by atoms with Gasteiger partial charge < -0.3 is 4.90 Å². The number of hydrogen-bond donors (Lipinski definition) is 1. The van der Waals surface area contributed by atoms with Crippen LogP contribution in [0.1, 0.15) is 25.8 Å². The summed E-state index contributed by atoms with van der Waals surface area (Å²) in [6, 6.07) is 14.2. The van der Waals surface area contributed by atoms with Crippen LogP contribution < -0.4 is 9.62 Å². The lowest BCUT2D eigenvalue weighted by Gasteiger charge is -2.37. The predicted molar refractivity (Wildman–Crippen MR) is 107 cm³/mol. The maximum atomic E-state index is 12.7. The number of benzene rings is 2. The zero-order valence-corrected chi connectivity index (χ0v) is 16.7. The molecule has 1 unspecified atom stereocenters. The molecule has 2 aromatic rings. The van der Waals surface area contributed by atoms with Crippen molar-refractivity contribution < 1.29 is 8.42 Å². The van der Waals surface area contributed by atoms with Gasteiger partial charge in [0.2, 0.25) is 10.0 Å². The molecule has 4 nitrogen and oxygen atoms in total. The van der Waals surface area contributed by atoms with E-state index >= 15 is 0 Å². The normalized spacial score (nSPS) is 17.4. The van der Waals surface area contributed by atoms with Crippen LogP contribution in [-0.2, 0) is 16.4 Å². The molecule has 0 radical (unpaired) electrons. The third-order valence-corrected chi connectivity index (χ3v) is 6.41. The van der Waals surface area contributed by atoms with Crippen molar-refractivity contribution in [1.82, 2.24) is 4.72 Å². The van der Waals surface area contributed by atoms with E-state index in [-0.39, 0.29) is 6.04 Å². The molecule has 0 aromatic heterocycles. The maximum absolute atomic E-state index is 12.7. The molecule has 1 N–H and O–H groups in total. The van der Waals surface area contributed by atoms with Gasteiger partial charge in [-0.05, 0) is 54.7 Å². The fourth-order valence-corrected chi connectivity index (χ4v) is 4.76. The lowest BCUT2D eigenvalue weighted by atomic mass is 9.97. The molecule has 1 aliphatic rings. The van der Waals surface area contributed by atoms with Gasteiger partial charge >= 0.3 is 0 Å². The molecule has 1 aliphatic heterocycles. The van der Waals surface area contributed by atoms with Crippen LogP contribution in [0.5, 0.6) is 0 Å². The zero-order chi connectivity index (χ0) is 18.7. The van der Waals surface area contributed by atoms with Gasteiger partial charge in [0.05, 0.1) is 4.90 Å². The van der Waals surface area contributed by atoms with E-state index in [9.17, 15) is 8.42 Å². The Bertz CT molecular complexity index is 853. The number of fused-ring (bicyclic) bond motifs is 1. The summed E-state index contributed by atoms with van der Waals surface area (Å²) >= 11 is 6.17. The van der Waals surface area contributed by atoms with E-state index in [4.69, 9.17) is 11.6 Å². The van der Waals surface area contributed by atoms with Gasteiger partial charge in [-0.1, -0.05) is 43.6 Å². The minimum atomic E-state index is -3.54. The van der Waals surface area contributed by atoms with Gasteiger partial charge in [-0.25, -0.2) is 13.1 Å². The molecule has 0 saturated heterocycles. The van der Waals surface area contributed by atoms with Crippen LogP contribution in [0.3, 0.4) is 0 Å². The molecule has 140 valence electrons. The molecular weight excluding hydrogens is 368 g/mol. The predicted octanol–water partition coefficient (Wildman–Crippen LogP) is 4.10. The lowest BCUT2D eigenvalue weighted by Crippen LogP contribution is -2.48. The van der Waals surface area contributed by atoms with Crippen molar-refractivity contribution in [2.24, 2.45) is 5.92 Å². The molecule has 1 heterocycles. The number of rotatable bonds is 6. The Morgan fingerprint density at radius 2 is 1.92 bits per heavy atom. The van der Waals surface area contributed by atoms with Crippen molar-refractivity contribution in [3.8, 4) is 0 Å². The van der Waals surface area contributed by atoms with E-state index < -0.39 is 10.0 Å². The van der Waals surface area contributed by atoms with E-state index in [0.29, 0.717) is 28.8 Å². The first kappa shape index (κ1) is 19.2. The fourth-order valence-electron chi connectivity index (χ4n) is 3.31. The van der Waals surface area contributed by atoms with Crippen LogP contribution in [0.25, 0.3) is 0 Å². The number of nitrogens with one attached hydrogen (secondary N) is 1. The first-order valence-electron chi connectivity index (χ1n) is 8.96. The van der Waals surface area contributed by atoms with Crippen LogP contribution >= 0.6 is 11.6 Å². The van der Waals surface area contributed by atoms with E-state index in [2.05, 4.69) is 23.5 Å². The van der Waals surface area contributed by atoms with Crippen molar-refractivity contribution in [2.75, 3.05) is 18.0 Å². The second-order valence-electron chi connectivity index (χ2n) is 7.24. The Morgan fingerprint density at radius 1 is 1.19 bits per heavy atom. The van der Waals surface area contributed by atoms with Gasteiger partial charge in [-0.2, -0.15) is 0 Å². The highest BCUT2D eigenvalue weighted by Gasteiger charge is 2.28. The Labute approximate surface area is 161 Å². The fraction of sp³-hybridized carbons (Fsp3) is 0.400. The minimum Gasteiger partial charge on any atom is -0.370 e. The van der Waals surface area contributed by atoms with E-state index in [1.807, 2.05) is 24.3 Å². The van der Waals surface area contributed by atoms with Crippen molar-refractivity contribution in [3.63, 3.8) is 0 Å². The molecule has 0 saturated carbocycles. The van der Waals surface area contributed by atoms with E-state index in [0.717, 1.165) is 24.2 Å². The molecule has 0 fully saturated rings. The van der Waals surface area contributed by atoms with E-state index in [1.165, 1.54) is 0 Å². The standard InChI is InChI=1S/C20H25ClN2O2S/c1-15(2)10-11-23-14-18(13-16-12-17(21)8-9-20(16)23)22-26(24,25)19-6-4-3-5-7-19/h3-9,12,15,18,22H,10-11,13-14H2,1-2H3. The van der Waals surface area contributed by atoms with Gasteiger partial charge in [-0.3, -0.25) is 0 Å². The second kappa shape index (κ2) is 7.99. The zero-order valence-electron chi connectivity index (χ0n) is 15.2. The van der Waals surface area contributed by atoms with Gasteiger partial charge in [0.25, 0.3) is 0 Å². The van der Waals surface area contributed by atoms with Gasteiger partial charge in [-0.15, -0.1) is 0 Å². The molecule has 0 aliphatic carbocycles. The van der Waals surface area contributed by atoms with Crippen molar-refractivity contribution in [3.05, 3.63) is 59.1 Å². The Balaban J connectivity index is 1.83. The third kappa shape index (κ3) is 4.58. The summed E-state index contributed by atoms with van der Waals surface area (Å²) in [5.41, 5.74) is 2.25. The highest BCUT2D eigenvalue weighted by molar-refractivity contribution is 7.89. The molecule has 3 rings (SSSR count). The van der Waals surface area contributed by atoms with Gasteiger partial charge in [0, 0.05) is 29.8 Å². The summed E-state index contributed by atoms with van der Waals surface area (Å²) in [5.74, 6) is 0.590. The quantitative estimate of drug-likeness (QED) is 0.805. The lowest BCUT2D eigenvalue weighted by molar-refractivity contribution is 0.505. The molecule has 1 atom stereocenters. The maximum Gasteiger partial charge on any atom is 0.240 e. The molecule has 6 heteroatoms. The number of hydrogen-bond acceptors (Lipinski definition) is 3. The monoisotopic (exact) mass is 392 g/mol. The second-order valence-corrected chi connectivity index (χ2v) is 9.39. The highest BCUT2D eigenvalue weighted by atomic mass is 35.5. The molecule has 2 aromatic carbocycles. The Morgan fingerprint density at radius 3 is 2.62 bits per heavy atom. The minimum absolute atomic E-state index is 0.182. The molecule has 0 bridgehead atoms. The smallest absolute Gasteiger partial charge is 0.240 e. The summed E-state index contributed by atoms with van der Waals surface area (Å²) in [5, 5.41) is 0.680. The van der Waals surface area contributed by atoms with Crippen LogP contribution in [0.2, 0.25) is 5.02 Å². The van der Waals surface area contributed by atoms with Crippen molar-refractivity contribution in [1.29, 1.82) is 0 Å². The molecule has 26 heavy (non-hydrogen) atoms. The number of sulfonamides is 1. The van der Waals surface area contributed by atoms with Crippen molar-refractivity contribution >= 4 is 27.3 Å². The Hall–Kier alpha value is -1.56. The molecule has 0 spiro atoms. The first-order valence-corrected chi connectivity index (χ1v) is 10.8. The topological polar surface area (TPSA) is 49.4 Å². The van der Waals surface area contributed by atoms with Crippen LogP contribution in [0, 0.1) is 5.92 Å².